The van der Waals surface area contributed by atoms with Crippen LogP contribution in [0.1, 0.15) is 32.6 Å². The van der Waals surface area contributed by atoms with E-state index >= 15 is 0 Å². The maximum Gasteiger partial charge on any atom is 0.00470 e. The lowest BCUT2D eigenvalue weighted by molar-refractivity contribution is 0.521. The monoisotopic (exact) mass is 159 g/mol. The van der Waals surface area contributed by atoms with Crippen molar-refractivity contribution in [2.45, 2.75) is 43.9 Å². The summed E-state index contributed by atoms with van der Waals surface area (Å²) in [6.07, 6.45) is 5.53. The molecule has 1 unspecified atom stereocenters. The predicted molar refractivity (Wildman–Crippen MR) is 48.4 cm³/mol. The molecule has 0 spiro atoms. The number of hydrogen-bond donors (Lipinski definition) is 1. The summed E-state index contributed by atoms with van der Waals surface area (Å²) in [4.78, 5) is 0. The lowest BCUT2D eigenvalue weighted by Crippen LogP contribution is -2.18. The van der Waals surface area contributed by atoms with Crippen LogP contribution in [0.2, 0.25) is 0 Å². The molecule has 1 nitrogen and oxygen atoms in total. The zero-order valence-electron chi connectivity index (χ0n) is 6.68. The molecule has 1 atom stereocenters. The molecule has 0 amide bonds. The molecule has 10 heavy (non-hydrogen) atoms. The number of rotatable bonds is 4. The first kappa shape index (κ1) is 8.41. The minimum atomic E-state index is 0.396. The van der Waals surface area contributed by atoms with Gasteiger partial charge in [0, 0.05) is 11.3 Å². The summed E-state index contributed by atoms with van der Waals surface area (Å²) in [7, 11) is 0. The summed E-state index contributed by atoms with van der Waals surface area (Å²) in [6.45, 7) is 2.08. The van der Waals surface area contributed by atoms with Crippen LogP contribution in [0.4, 0.5) is 0 Å². The van der Waals surface area contributed by atoms with Gasteiger partial charge >= 0.3 is 0 Å². The molecule has 1 saturated carbocycles. The molecule has 60 valence electrons. The van der Waals surface area contributed by atoms with Crippen LogP contribution in [0.5, 0.6) is 0 Å². The first-order valence-electron chi connectivity index (χ1n) is 4.16. The van der Waals surface area contributed by atoms with Gasteiger partial charge in [-0.25, -0.2) is 0 Å². The lowest BCUT2D eigenvalue weighted by atomic mass is 10.0. The highest BCUT2D eigenvalue weighted by Crippen LogP contribution is 2.31. The summed E-state index contributed by atoms with van der Waals surface area (Å²) >= 11 is 2.11. The molecule has 1 aliphatic rings. The van der Waals surface area contributed by atoms with Crippen LogP contribution in [-0.2, 0) is 0 Å². The molecule has 0 aliphatic heterocycles. The van der Waals surface area contributed by atoms with Crippen molar-refractivity contribution in [3.05, 3.63) is 0 Å². The normalized spacial score (nSPS) is 22.2. The Labute approximate surface area is 67.8 Å². The van der Waals surface area contributed by atoms with Gasteiger partial charge in [0.2, 0.25) is 0 Å². The SMILES string of the molecule is CC(N)CCSC1CCC1. The topological polar surface area (TPSA) is 26.0 Å². The van der Waals surface area contributed by atoms with E-state index in [0.29, 0.717) is 6.04 Å². The first-order valence-corrected chi connectivity index (χ1v) is 5.21. The Hall–Kier alpha value is 0.310. The fraction of sp³-hybridized carbons (Fsp3) is 1.00. The molecule has 2 heteroatoms. The largest absolute Gasteiger partial charge is 0.328 e. The molecular formula is C8H17NS. The van der Waals surface area contributed by atoms with E-state index in [4.69, 9.17) is 5.73 Å². The minimum absolute atomic E-state index is 0.396. The number of hydrogen-bond acceptors (Lipinski definition) is 2. The standard InChI is InChI=1S/C8H17NS/c1-7(9)5-6-10-8-3-2-4-8/h7-8H,2-6,9H2,1H3. The summed E-state index contributed by atoms with van der Waals surface area (Å²) in [6, 6.07) is 0.396. The van der Waals surface area contributed by atoms with Crippen LogP contribution in [0.15, 0.2) is 0 Å². The third-order valence-electron chi connectivity index (χ3n) is 1.98. The van der Waals surface area contributed by atoms with Gasteiger partial charge in [-0.05, 0) is 31.9 Å². The molecule has 0 heterocycles. The van der Waals surface area contributed by atoms with Crippen LogP contribution >= 0.6 is 11.8 Å². The fourth-order valence-corrected chi connectivity index (χ4v) is 2.47. The van der Waals surface area contributed by atoms with Gasteiger partial charge in [0.1, 0.15) is 0 Å². The Kier molecular flexibility index (Phi) is 3.57. The van der Waals surface area contributed by atoms with E-state index in [1.807, 2.05) is 0 Å². The van der Waals surface area contributed by atoms with Gasteiger partial charge in [0.15, 0.2) is 0 Å². The molecule has 0 aromatic carbocycles. The van der Waals surface area contributed by atoms with Crippen LogP contribution in [0.25, 0.3) is 0 Å². The average Bonchev–Trinajstić information content (AvgIpc) is 1.75. The van der Waals surface area contributed by atoms with E-state index in [2.05, 4.69) is 18.7 Å². The second-order valence-corrected chi connectivity index (χ2v) is 4.60. The molecule has 0 aromatic rings. The fourth-order valence-electron chi connectivity index (χ4n) is 0.958. The predicted octanol–water partition coefficient (Wildman–Crippen LogP) is 2.01. The first-order chi connectivity index (χ1) is 4.79. The van der Waals surface area contributed by atoms with Gasteiger partial charge in [0.25, 0.3) is 0 Å². The Morgan fingerprint density at radius 2 is 2.30 bits per heavy atom. The van der Waals surface area contributed by atoms with Crippen LogP contribution in [-0.4, -0.2) is 17.0 Å². The second kappa shape index (κ2) is 4.24. The van der Waals surface area contributed by atoms with Crippen LogP contribution in [0.3, 0.4) is 0 Å². The van der Waals surface area contributed by atoms with Gasteiger partial charge < -0.3 is 5.73 Å². The summed E-state index contributed by atoms with van der Waals surface area (Å²) in [5.74, 6) is 1.27. The van der Waals surface area contributed by atoms with Crippen molar-refractivity contribution < 1.29 is 0 Å². The van der Waals surface area contributed by atoms with Crippen molar-refractivity contribution in [2.75, 3.05) is 5.75 Å². The zero-order valence-corrected chi connectivity index (χ0v) is 7.49. The highest BCUT2D eigenvalue weighted by atomic mass is 32.2. The number of thioether (sulfide) groups is 1. The Balaban J connectivity index is 1.85. The summed E-state index contributed by atoms with van der Waals surface area (Å²) in [5, 5.41) is 0.985. The maximum absolute atomic E-state index is 5.62. The molecule has 0 aromatic heterocycles. The molecule has 0 bridgehead atoms. The molecule has 1 fully saturated rings. The molecule has 0 saturated heterocycles. The quantitative estimate of drug-likeness (QED) is 0.679. The van der Waals surface area contributed by atoms with Crippen molar-refractivity contribution >= 4 is 11.8 Å². The highest BCUT2D eigenvalue weighted by Gasteiger charge is 2.16. The maximum atomic E-state index is 5.62. The van der Waals surface area contributed by atoms with Crippen LogP contribution < -0.4 is 5.73 Å². The van der Waals surface area contributed by atoms with Crippen molar-refractivity contribution in [1.29, 1.82) is 0 Å². The Bertz CT molecular complexity index is 89.3. The third-order valence-corrected chi connectivity index (χ3v) is 3.39. The van der Waals surface area contributed by atoms with Gasteiger partial charge in [-0.15, -0.1) is 0 Å². The highest BCUT2D eigenvalue weighted by molar-refractivity contribution is 7.99. The van der Waals surface area contributed by atoms with Gasteiger partial charge in [0.05, 0.1) is 0 Å². The van der Waals surface area contributed by atoms with Gasteiger partial charge in [-0.3, -0.25) is 0 Å². The summed E-state index contributed by atoms with van der Waals surface area (Å²) in [5.41, 5.74) is 5.62. The van der Waals surface area contributed by atoms with Gasteiger partial charge in [-0.1, -0.05) is 6.42 Å². The Morgan fingerprint density at radius 3 is 2.70 bits per heavy atom. The average molecular weight is 159 g/mol. The van der Waals surface area contributed by atoms with E-state index < -0.39 is 0 Å². The molecular weight excluding hydrogens is 142 g/mol. The van der Waals surface area contributed by atoms with E-state index in [1.54, 1.807) is 0 Å². The molecule has 1 aliphatic carbocycles. The van der Waals surface area contributed by atoms with Gasteiger partial charge in [-0.2, -0.15) is 11.8 Å². The zero-order chi connectivity index (χ0) is 7.40. The molecule has 0 radical (unpaired) electrons. The van der Waals surface area contributed by atoms with E-state index in [1.165, 1.54) is 31.4 Å². The van der Waals surface area contributed by atoms with E-state index in [9.17, 15) is 0 Å². The van der Waals surface area contributed by atoms with E-state index in [0.717, 1.165) is 5.25 Å². The smallest absolute Gasteiger partial charge is 0.00470 e. The minimum Gasteiger partial charge on any atom is -0.328 e. The summed E-state index contributed by atoms with van der Waals surface area (Å²) < 4.78 is 0. The van der Waals surface area contributed by atoms with Crippen molar-refractivity contribution in [2.24, 2.45) is 5.73 Å². The van der Waals surface area contributed by atoms with Crippen LogP contribution in [0, 0.1) is 0 Å². The lowest BCUT2D eigenvalue weighted by Gasteiger charge is -2.24. The number of nitrogens with two attached hydrogens (primary N) is 1. The third kappa shape index (κ3) is 2.93. The van der Waals surface area contributed by atoms with Crippen molar-refractivity contribution in [3.8, 4) is 0 Å². The Morgan fingerprint density at radius 1 is 1.60 bits per heavy atom. The molecule has 1 rings (SSSR count). The van der Waals surface area contributed by atoms with Crippen molar-refractivity contribution in [1.82, 2.24) is 0 Å². The van der Waals surface area contributed by atoms with E-state index in [-0.39, 0.29) is 0 Å². The second-order valence-electron chi connectivity index (χ2n) is 3.19. The van der Waals surface area contributed by atoms with Crippen molar-refractivity contribution in [3.63, 3.8) is 0 Å². The molecule has 2 N–H and O–H groups in total.